The van der Waals surface area contributed by atoms with Crippen LogP contribution in [0.1, 0.15) is 6.42 Å². The zero-order chi connectivity index (χ0) is 17.4. The number of likely N-dealkylation sites (N-methyl/N-ethyl adjacent to an activating group) is 1. The number of amides is 1. The Bertz CT molecular complexity index is 542. The third kappa shape index (κ3) is 6.13. The van der Waals surface area contributed by atoms with E-state index in [1.54, 1.807) is 0 Å². The molecule has 0 saturated carbocycles. The second kappa shape index (κ2) is 9.19. The first-order valence-electron chi connectivity index (χ1n) is 8.09. The van der Waals surface area contributed by atoms with Crippen molar-refractivity contribution in [3.8, 4) is 5.75 Å². The molecule has 1 fully saturated rings. The molecule has 1 aromatic carbocycles. The third-order valence-electron chi connectivity index (χ3n) is 3.99. The van der Waals surface area contributed by atoms with Crippen LogP contribution in [0.2, 0.25) is 0 Å². The Kier molecular flexibility index (Phi) is 6.95. The van der Waals surface area contributed by atoms with Gasteiger partial charge in [0.2, 0.25) is 0 Å². The fourth-order valence-corrected chi connectivity index (χ4v) is 2.47. The van der Waals surface area contributed by atoms with Crippen molar-refractivity contribution in [3.63, 3.8) is 0 Å². The number of benzene rings is 1. The summed E-state index contributed by atoms with van der Waals surface area (Å²) in [5, 5.41) is 13.4. The molecule has 0 atom stereocenters. The Morgan fingerprint density at radius 3 is 2.54 bits per heavy atom. The van der Waals surface area contributed by atoms with E-state index in [2.05, 4.69) is 22.2 Å². The van der Waals surface area contributed by atoms with Gasteiger partial charge in [-0.3, -0.25) is 14.9 Å². The standard InChI is InChI=1S/C16H24N4O4/c1-18-9-11-19(12-10-18)8-2-7-17-16(21)13-24-15-5-3-14(4-6-15)20(22)23/h3-6H,2,7-13H2,1H3,(H,17,21). The van der Waals surface area contributed by atoms with Crippen LogP contribution in [0.4, 0.5) is 5.69 Å². The fourth-order valence-electron chi connectivity index (χ4n) is 2.47. The molecule has 8 nitrogen and oxygen atoms in total. The summed E-state index contributed by atoms with van der Waals surface area (Å²) >= 11 is 0. The van der Waals surface area contributed by atoms with Crippen LogP contribution in [0.25, 0.3) is 0 Å². The van der Waals surface area contributed by atoms with E-state index < -0.39 is 4.92 Å². The molecule has 0 bridgehead atoms. The average molecular weight is 336 g/mol. The first-order chi connectivity index (χ1) is 11.5. The van der Waals surface area contributed by atoms with Crippen molar-refractivity contribution in [1.82, 2.24) is 15.1 Å². The number of nitro groups is 1. The number of carbonyl (C=O) groups is 1. The molecular formula is C16H24N4O4. The van der Waals surface area contributed by atoms with Gasteiger partial charge in [-0.05, 0) is 32.1 Å². The van der Waals surface area contributed by atoms with Gasteiger partial charge >= 0.3 is 0 Å². The largest absolute Gasteiger partial charge is 0.484 e. The summed E-state index contributed by atoms with van der Waals surface area (Å²) in [5.74, 6) is 0.250. The van der Waals surface area contributed by atoms with Gasteiger partial charge in [0.15, 0.2) is 6.61 Å². The lowest BCUT2D eigenvalue weighted by atomic mass is 10.3. The van der Waals surface area contributed by atoms with Crippen molar-refractivity contribution in [2.45, 2.75) is 6.42 Å². The molecule has 24 heavy (non-hydrogen) atoms. The predicted molar refractivity (Wildman–Crippen MR) is 90.2 cm³/mol. The van der Waals surface area contributed by atoms with Gasteiger partial charge < -0.3 is 19.9 Å². The van der Waals surface area contributed by atoms with Gasteiger partial charge in [-0.25, -0.2) is 0 Å². The molecule has 8 heteroatoms. The Morgan fingerprint density at radius 1 is 1.25 bits per heavy atom. The lowest BCUT2D eigenvalue weighted by Crippen LogP contribution is -2.45. The smallest absolute Gasteiger partial charge is 0.269 e. The SMILES string of the molecule is CN1CCN(CCCNC(=O)COc2ccc([N+](=O)[O-])cc2)CC1. The maximum Gasteiger partial charge on any atom is 0.269 e. The minimum absolute atomic E-state index is 0.00397. The number of rotatable bonds is 8. The maximum absolute atomic E-state index is 11.7. The number of carbonyl (C=O) groups excluding carboxylic acids is 1. The number of hydrogen-bond donors (Lipinski definition) is 1. The van der Waals surface area contributed by atoms with Crippen LogP contribution in [0, 0.1) is 10.1 Å². The number of nitro benzene ring substituents is 1. The van der Waals surface area contributed by atoms with Crippen molar-refractivity contribution in [3.05, 3.63) is 34.4 Å². The zero-order valence-corrected chi connectivity index (χ0v) is 13.9. The molecule has 0 aliphatic carbocycles. The highest BCUT2D eigenvalue weighted by Gasteiger charge is 2.13. The minimum atomic E-state index is -0.475. The number of ether oxygens (including phenoxy) is 1. The number of nitrogens with one attached hydrogen (secondary N) is 1. The van der Waals surface area contributed by atoms with E-state index in [9.17, 15) is 14.9 Å². The predicted octanol–water partition coefficient (Wildman–Crippen LogP) is 0.727. The zero-order valence-electron chi connectivity index (χ0n) is 13.9. The van der Waals surface area contributed by atoms with Crippen molar-refractivity contribution in [1.29, 1.82) is 0 Å². The van der Waals surface area contributed by atoms with E-state index in [4.69, 9.17) is 4.74 Å². The molecule has 0 unspecified atom stereocenters. The van der Waals surface area contributed by atoms with Crippen LogP contribution < -0.4 is 10.1 Å². The fraction of sp³-hybridized carbons (Fsp3) is 0.562. The number of piperazine rings is 1. The van der Waals surface area contributed by atoms with Crippen LogP contribution in [-0.2, 0) is 4.79 Å². The van der Waals surface area contributed by atoms with Gasteiger partial charge in [0.25, 0.3) is 11.6 Å². The molecule has 0 aromatic heterocycles. The highest BCUT2D eigenvalue weighted by Crippen LogP contribution is 2.16. The first kappa shape index (κ1) is 18.2. The summed E-state index contributed by atoms with van der Waals surface area (Å²) in [4.78, 5) is 26.5. The first-order valence-corrected chi connectivity index (χ1v) is 8.09. The molecule has 1 N–H and O–H groups in total. The summed E-state index contributed by atoms with van der Waals surface area (Å²) in [5.41, 5.74) is -0.00397. The van der Waals surface area contributed by atoms with E-state index in [0.29, 0.717) is 12.3 Å². The summed E-state index contributed by atoms with van der Waals surface area (Å²) < 4.78 is 5.31. The second-order valence-electron chi connectivity index (χ2n) is 5.89. The normalized spacial score (nSPS) is 15.9. The summed E-state index contributed by atoms with van der Waals surface area (Å²) in [6.07, 6.45) is 0.910. The lowest BCUT2D eigenvalue weighted by molar-refractivity contribution is -0.384. The number of non-ortho nitro benzene ring substituents is 1. The lowest BCUT2D eigenvalue weighted by Gasteiger charge is -2.32. The molecule has 1 aliphatic heterocycles. The van der Waals surface area contributed by atoms with Gasteiger partial charge in [0.1, 0.15) is 5.75 Å². The van der Waals surface area contributed by atoms with Crippen molar-refractivity contribution in [2.75, 3.05) is 52.9 Å². The van der Waals surface area contributed by atoms with Crippen LogP contribution in [0.15, 0.2) is 24.3 Å². The van der Waals surface area contributed by atoms with E-state index in [1.807, 2.05) is 0 Å². The highest BCUT2D eigenvalue weighted by molar-refractivity contribution is 5.77. The Labute approximate surface area is 141 Å². The molecule has 1 aromatic rings. The van der Waals surface area contributed by atoms with E-state index in [1.165, 1.54) is 24.3 Å². The summed E-state index contributed by atoms with van der Waals surface area (Å²) in [6, 6.07) is 5.67. The quantitative estimate of drug-likeness (QED) is 0.428. The highest BCUT2D eigenvalue weighted by atomic mass is 16.6. The van der Waals surface area contributed by atoms with E-state index >= 15 is 0 Å². The summed E-state index contributed by atoms with van der Waals surface area (Å²) in [6.45, 7) is 5.85. The molecule has 1 heterocycles. The molecule has 1 saturated heterocycles. The number of hydrogen-bond acceptors (Lipinski definition) is 6. The van der Waals surface area contributed by atoms with Gasteiger partial charge in [0.05, 0.1) is 4.92 Å². The monoisotopic (exact) mass is 336 g/mol. The molecule has 1 aliphatic rings. The van der Waals surface area contributed by atoms with Gasteiger partial charge in [0, 0.05) is 44.9 Å². The van der Waals surface area contributed by atoms with Crippen molar-refractivity contribution in [2.24, 2.45) is 0 Å². The minimum Gasteiger partial charge on any atom is -0.484 e. The molecular weight excluding hydrogens is 312 g/mol. The molecule has 0 radical (unpaired) electrons. The Balaban J connectivity index is 1.57. The van der Waals surface area contributed by atoms with Gasteiger partial charge in [-0.2, -0.15) is 0 Å². The van der Waals surface area contributed by atoms with Crippen LogP contribution in [0.3, 0.4) is 0 Å². The summed E-state index contributed by atoms with van der Waals surface area (Å²) in [7, 11) is 2.13. The van der Waals surface area contributed by atoms with Crippen molar-refractivity contribution >= 4 is 11.6 Å². The Morgan fingerprint density at radius 2 is 1.92 bits per heavy atom. The molecule has 1 amide bonds. The third-order valence-corrected chi connectivity index (χ3v) is 3.99. The van der Waals surface area contributed by atoms with Crippen molar-refractivity contribution < 1.29 is 14.5 Å². The van der Waals surface area contributed by atoms with Crippen LogP contribution >= 0.6 is 0 Å². The molecule has 132 valence electrons. The average Bonchev–Trinajstić information content (AvgIpc) is 2.59. The van der Waals surface area contributed by atoms with Crippen LogP contribution in [0.5, 0.6) is 5.75 Å². The van der Waals surface area contributed by atoms with E-state index in [0.717, 1.165) is 39.1 Å². The Hall–Kier alpha value is -2.19. The topological polar surface area (TPSA) is 88.0 Å². The number of nitrogens with zero attached hydrogens (tertiary/aromatic N) is 3. The van der Waals surface area contributed by atoms with E-state index in [-0.39, 0.29) is 18.2 Å². The van der Waals surface area contributed by atoms with Gasteiger partial charge in [-0.1, -0.05) is 0 Å². The molecule has 0 spiro atoms. The molecule has 2 rings (SSSR count). The maximum atomic E-state index is 11.7. The van der Waals surface area contributed by atoms with Crippen LogP contribution in [-0.4, -0.2) is 73.6 Å². The second-order valence-corrected chi connectivity index (χ2v) is 5.89. The van der Waals surface area contributed by atoms with Gasteiger partial charge in [-0.15, -0.1) is 0 Å².